The summed E-state index contributed by atoms with van der Waals surface area (Å²) in [6.45, 7) is 5.32. The summed E-state index contributed by atoms with van der Waals surface area (Å²) in [5.41, 5.74) is 0.339. The number of aromatic nitrogens is 5. The number of alkyl halides is 3. The number of rotatable bonds is 6. The molecule has 2 N–H and O–H groups in total. The largest absolute Gasteiger partial charge is 0.468 e. The maximum absolute atomic E-state index is 12.8. The van der Waals surface area contributed by atoms with Gasteiger partial charge in [0.1, 0.15) is 12.1 Å². The minimum Gasteiger partial charge on any atom is -0.468 e. The molecule has 0 amide bonds. The standard InChI is InChI=1S/C23H28F3N7O2/c1-13-8-17(28-12-27-13)32-9-14-4-5-15(10-32)19(14)29-21-30-20-16(22(2,3)34)6-7-18(33(20)31-21)35-11-23(24,25)26/h6-8,12,14-15,19,34H,4-5,9-11H2,1-3H3,(H,29,31)/t14-,15+,19?. The number of aryl methyl sites for hydroxylation is 1. The number of ether oxygens (including phenoxy) is 1. The monoisotopic (exact) mass is 491 g/mol. The van der Waals surface area contributed by atoms with Gasteiger partial charge in [0, 0.05) is 42.5 Å². The van der Waals surface area contributed by atoms with Gasteiger partial charge in [-0.25, -0.2) is 9.97 Å². The number of nitrogens with zero attached hydrogens (tertiary/aromatic N) is 6. The Morgan fingerprint density at radius 2 is 1.86 bits per heavy atom. The van der Waals surface area contributed by atoms with Crippen molar-refractivity contribution in [1.29, 1.82) is 0 Å². The highest BCUT2D eigenvalue weighted by molar-refractivity contribution is 5.56. The molecule has 1 aliphatic heterocycles. The van der Waals surface area contributed by atoms with Crippen molar-refractivity contribution in [1.82, 2.24) is 24.6 Å². The van der Waals surface area contributed by atoms with Gasteiger partial charge in [0.15, 0.2) is 12.3 Å². The first-order valence-corrected chi connectivity index (χ1v) is 11.6. The summed E-state index contributed by atoms with van der Waals surface area (Å²) in [6, 6.07) is 5.00. The molecule has 188 valence electrons. The van der Waals surface area contributed by atoms with E-state index in [0.29, 0.717) is 23.3 Å². The summed E-state index contributed by atoms with van der Waals surface area (Å²) in [6.07, 6.45) is -0.815. The molecule has 1 aliphatic carbocycles. The Morgan fingerprint density at radius 1 is 1.14 bits per heavy atom. The Balaban J connectivity index is 1.40. The Labute approximate surface area is 200 Å². The van der Waals surface area contributed by atoms with Crippen molar-refractivity contribution in [3.63, 3.8) is 0 Å². The number of hydrogen-bond donors (Lipinski definition) is 2. The molecule has 35 heavy (non-hydrogen) atoms. The van der Waals surface area contributed by atoms with E-state index in [1.165, 1.54) is 16.6 Å². The van der Waals surface area contributed by atoms with Crippen molar-refractivity contribution < 1.29 is 23.0 Å². The van der Waals surface area contributed by atoms with Crippen LogP contribution in [0.5, 0.6) is 5.88 Å². The van der Waals surface area contributed by atoms with Crippen LogP contribution >= 0.6 is 0 Å². The first-order chi connectivity index (χ1) is 16.5. The van der Waals surface area contributed by atoms with E-state index in [1.54, 1.807) is 20.2 Å². The number of fused-ring (bicyclic) bond motifs is 3. The van der Waals surface area contributed by atoms with Gasteiger partial charge < -0.3 is 20.1 Å². The highest BCUT2D eigenvalue weighted by atomic mass is 19.4. The lowest BCUT2D eigenvalue weighted by atomic mass is 9.92. The molecular formula is C23H28F3N7O2. The van der Waals surface area contributed by atoms with Crippen LogP contribution in [-0.2, 0) is 5.60 Å². The Morgan fingerprint density at radius 3 is 2.49 bits per heavy atom. The Kier molecular flexibility index (Phi) is 5.73. The van der Waals surface area contributed by atoms with Crippen LogP contribution in [0.1, 0.15) is 37.9 Å². The average Bonchev–Trinajstić information content (AvgIpc) is 3.27. The van der Waals surface area contributed by atoms with Crippen LogP contribution in [0.4, 0.5) is 24.9 Å². The number of pyridine rings is 1. The normalized spacial score (nSPS) is 22.6. The fraction of sp³-hybridized carbons (Fsp3) is 0.565. The van der Waals surface area contributed by atoms with Gasteiger partial charge in [0.2, 0.25) is 11.8 Å². The Hall–Kier alpha value is -3.15. The second-order valence-electron chi connectivity index (χ2n) is 9.91. The van der Waals surface area contributed by atoms with Crippen LogP contribution in [0.2, 0.25) is 0 Å². The fourth-order valence-corrected chi connectivity index (χ4v) is 5.15. The lowest BCUT2D eigenvalue weighted by molar-refractivity contribution is -0.154. The highest BCUT2D eigenvalue weighted by Crippen LogP contribution is 2.40. The molecule has 3 atom stereocenters. The summed E-state index contributed by atoms with van der Waals surface area (Å²) in [4.78, 5) is 15.4. The average molecular weight is 492 g/mol. The quantitative estimate of drug-likeness (QED) is 0.542. The van der Waals surface area contributed by atoms with Crippen LogP contribution in [0.3, 0.4) is 0 Å². The third kappa shape index (κ3) is 4.84. The minimum absolute atomic E-state index is 0.0946. The fourth-order valence-electron chi connectivity index (χ4n) is 5.15. The zero-order valence-corrected chi connectivity index (χ0v) is 19.7. The summed E-state index contributed by atoms with van der Waals surface area (Å²) >= 11 is 0. The lowest BCUT2D eigenvalue weighted by Crippen LogP contribution is -2.48. The molecule has 0 radical (unpaired) electrons. The summed E-state index contributed by atoms with van der Waals surface area (Å²) in [5, 5.41) is 18.4. The molecule has 1 saturated heterocycles. The van der Waals surface area contributed by atoms with Crippen molar-refractivity contribution in [2.75, 3.05) is 29.9 Å². The summed E-state index contributed by atoms with van der Waals surface area (Å²) < 4.78 is 44.5. The van der Waals surface area contributed by atoms with Gasteiger partial charge in [-0.3, -0.25) is 0 Å². The molecule has 2 fully saturated rings. The zero-order valence-electron chi connectivity index (χ0n) is 19.7. The van der Waals surface area contributed by atoms with Crippen molar-refractivity contribution >= 4 is 17.4 Å². The SMILES string of the molecule is Cc1cc(N2C[C@H]3CC[C@@H](C2)C3Nc2nc3c(C(C)(C)O)ccc(OCC(F)(F)F)n3n2)ncn1. The van der Waals surface area contributed by atoms with Crippen LogP contribution in [0.15, 0.2) is 24.5 Å². The number of halogens is 3. The molecule has 3 aromatic heterocycles. The number of anilines is 2. The second-order valence-corrected chi connectivity index (χ2v) is 9.91. The second kappa shape index (κ2) is 8.51. The van der Waals surface area contributed by atoms with E-state index >= 15 is 0 Å². The van der Waals surface area contributed by atoms with E-state index in [0.717, 1.165) is 37.4 Å². The molecule has 9 nitrogen and oxygen atoms in total. The number of piperidine rings is 1. The Bertz CT molecular complexity index is 1210. The molecule has 0 spiro atoms. The van der Waals surface area contributed by atoms with Crippen LogP contribution in [0.25, 0.3) is 5.65 Å². The van der Waals surface area contributed by atoms with Crippen molar-refractivity contribution in [2.24, 2.45) is 11.8 Å². The van der Waals surface area contributed by atoms with E-state index in [4.69, 9.17) is 4.74 Å². The number of aliphatic hydroxyl groups is 1. The van der Waals surface area contributed by atoms with E-state index in [-0.39, 0.29) is 17.6 Å². The minimum atomic E-state index is -4.49. The highest BCUT2D eigenvalue weighted by Gasteiger charge is 2.43. The van der Waals surface area contributed by atoms with Gasteiger partial charge in [-0.05, 0) is 51.5 Å². The van der Waals surface area contributed by atoms with Gasteiger partial charge in [0.25, 0.3) is 0 Å². The number of nitrogens with one attached hydrogen (secondary N) is 1. The predicted octanol–water partition coefficient (Wildman–Crippen LogP) is 3.32. The molecule has 12 heteroatoms. The number of hydrogen-bond acceptors (Lipinski definition) is 8. The molecule has 2 bridgehead atoms. The third-order valence-electron chi connectivity index (χ3n) is 6.74. The summed E-state index contributed by atoms with van der Waals surface area (Å²) in [7, 11) is 0. The molecule has 2 aliphatic rings. The third-order valence-corrected chi connectivity index (χ3v) is 6.74. The zero-order chi connectivity index (χ0) is 25.0. The molecule has 3 aromatic rings. The van der Waals surface area contributed by atoms with Crippen molar-refractivity contribution in [2.45, 2.75) is 51.4 Å². The van der Waals surface area contributed by atoms with E-state index in [9.17, 15) is 18.3 Å². The molecule has 4 heterocycles. The van der Waals surface area contributed by atoms with Crippen LogP contribution < -0.4 is 15.0 Å². The lowest BCUT2D eigenvalue weighted by Gasteiger charge is -2.38. The van der Waals surface area contributed by atoms with Crippen LogP contribution in [0, 0.1) is 18.8 Å². The predicted molar refractivity (Wildman–Crippen MR) is 122 cm³/mol. The van der Waals surface area contributed by atoms with Gasteiger partial charge in [-0.2, -0.15) is 22.7 Å². The molecule has 5 rings (SSSR count). The maximum atomic E-state index is 12.8. The first kappa shape index (κ1) is 23.6. The molecule has 0 aromatic carbocycles. The van der Waals surface area contributed by atoms with Gasteiger partial charge in [-0.1, -0.05) is 0 Å². The van der Waals surface area contributed by atoms with Gasteiger partial charge in [-0.15, -0.1) is 5.10 Å². The topological polar surface area (TPSA) is 101 Å². The first-order valence-electron chi connectivity index (χ1n) is 11.6. The maximum Gasteiger partial charge on any atom is 0.422 e. The van der Waals surface area contributed by atoms with Crippen molar-refractivity contribution in [3.8, 4) is 5.88 Å². The molecular weight excluding hydrogens is 463 g/mol. The van der Waals surface area contributed by atoms with Crippen molar-refractivity contribution in [3.05, 3.63) is 35.8 Å². The van der Waals surface area contributed by atoms with E-state index < -0.39 is 18.4 Å². The van der Waals surface area contributed by atoms with Gasteiger partial charge >= 0.3 is 6.18 Å². The molecule has 1 saturated carbocycles. The summed E-state index contributed by atoms with van der Waals surface area (Å²) in [5.74, 6) is 1.80. The van der Waals surface area contributed by atoms with Crippen LogP contribution in [-0.4, -0.2) is 61.6 Å². The molecule has 1 unspecified atom stereocenters. The smallest absolute Gasteiger partial charge is 0.422 e. The van der Waals surface area contributed by atoms with E-state index in [2.05, 4.69) is 30.3 Å². The van der Waals surface area contributed by atoms with Gasteiger partial charge in [0.05, 0.1) is 5.60 Å². The van der Waals surface area contributed by atoms with E-state index in [1.807, 2.05) is 13.0 Å².